The average molecular weight is 147 g/mol. The summed E-state index contributed by atoms with van der Waals surface area (Å²) in [4.78, 5) is 0. The molecule has 0 fully saturated rings. The van der Waals surface area contributed by atoms with Crippen molar-refractivity contribution in [3.63, 3.8) is 0 Å². The third-order valence-corrected chi connectivity index (χ3v) is 1.63. The highest BCUT2D eigenvalue weighted by atomic mass is 16.6. The lowest BCUT2D eigenvalue weighted by Gasteiger charge is -2.20. The van der Waals surface area contributed by atoms with Crippen molar-refractivity contribution >= 4 is 0 Å². The normalized spacial score (nSPS) is 17.4. The molecule has 0 amide bonds. The average Bonchev–Trinajstić information content (AvgIpc) is 1.87. The molecule has 0 radical (unpaired) electrons. The molecule has 0 rings (SSSR count). The third kappa shape index (κ3) is 3.82. The first-order chi connectivity index (χ1) is 4.57. The van der Waals surface area contributed by atoms with E-state index in [1.807, 2.05) is 6.92 Å². The molecule has 10 heavy (non-hydrogen) atoms. The second kappa shape index (κ2) is 4.66. The molecule has 62 valence electrons. The van der Waals surface area contributed by atoms with E-state index in [-0.39, 0.29) is 6.04 Å². The van der Waals surface area contributed by atoms with Gasteiger partial charge in [-0.3, -0.25) is 5.32 Å². The summed E-state index contributed by atoms with van der Waals surface area (Å²) in [6.45, 7) is 6.17. The molecule has 0 aliphatic rings. The maximum absolute atomic E-state index is 8.94. The summed E-state index contributed by atoms with van der Waals surface area (Å²) in [6, 6.07) is 0.273. The number of aliphatic hydroxyl groups excluding tert-OH is 1. The van der Waals surface area contributed by atoms with Crippen LogP contribution in [0.5, 0.6) is 0 Å². The Hall–Kier alpha value is -0.120. The van der Waals surface area contributed by atoms with E-state index in [0.717, 1.165) is 0 Å². The van der Waals surface area contributed by atoms with Crippen molar-refractivity contribution < 1.29 is 9.84 Å². The van der Waals surface area contributed by atoms with Crippen LogP contribution in [0.4, 0.5) is 0 Å². The highest BCUT2D eigenvalue weighted by Gasteiger charge is 2.09. The van der Waals surface area contributed by atoms with Crippen LogP contribution in [0.25, 0.3) is 0 Å². The first kappa shape index (κ1) is 9.88. The van der Waals surface area contributed by atoms with Gasteiger partial charge in [0.2, 0.25) is 6.41 Å². The van der Waals surface area contributed by atoms with E-state index in [2.05, 4.69) is 23.9 Å². The van der Waals surface area contributed by atoms with Crippen molar-refractivity contribution in [2.75, 3.05) is 7.11 Å². The molecule has 0 saturated carbocycles. The molecule has 0 saturated heterocycles. The Bertz CT molecular complexity index is 85.7. The van der Waals surface area contributed by atoms with Crippen LogP contribution in [0, 0.1) is 5.92 Å². The Morgan fingerprint density at radius 2 is 1.80 bits per heavy atom. The number of aliphatic hydroxyl groups is 1. The molecule has 0 bridgehead atoms. The molecule has 2 atom stereocenters. The lowest BCUT2D eigenvalue weighted by Crippen LogP contribution is -2.40. The smallest absolute Gasteiger partial charge is 0.213 e. The van der Waals surface area contributed by atoms with Gasteiger partial charge in [0.15, 0.2) is 0 Å². The van der Waals surface area contributed by atoms with Gasteiger partial charge in [-0.05, 0) is 12.8 Å². The van der Waals surface area contributed by atoms with E-state index >= 15 is 0 Å². The van der Waals surface area contributed by atoms with Gasteiger partial charge in [-0.15, -0.1) is 0 Å². The topological polar surface area (TPSA) is 41.5 Å². The molecule has 3 nitrogen and oxygen atoms in total. The Morgan fingerprint density at radius 1 is 1.30 bits per heavy atom. The molecule has 0 aromatic heterocycles. The molecule has 0 heterocycles. The summed E-state index contributed by atoms with van der Waals surface area (Å²) in [6.07, 6.45) is -0.836. The molecule has 0 aliphatic carbocycles. The number of methoxy groups -OCH3 is 1. The summed E-state index contributed by atoms with van der Waals surface area (Å²) >= 11 is 0. The summed E-state index contributed by atoms with van der Waals surface area (Å²) in [5.74, 6) is 0.504. The molecular weight excluding hydrogens is 130 g/mol. The van der Waals surface area contributed by atoms with Crippen molar-refractivity contribution in [1.82, 2.24) is 5.32 Å². The van der Waals surface area contributed by atoms with E-state index in [1.165, 1.54) is 7.11 Å². The minimum Gasteiger partial charge on any atom is -0.356 e. The quantitative estimate of drug-likeness (QED) is 0.570. The molecule has 0 aliphatic heterocycles. The van der Waals surface area contributed by atoms with Crippen LogP contribution in [0.15, 0.2) is 0 Å². The monoisotopic (exact) mass is 147 g/mol. The molecule has 0 spiro atoms. The third-order valence-electron chi connectivity index (χ3n) is 1.63. The zero-order valence-corrected chi connectivity index (χ0v) is 7.09. The van der Waals surface area contributed by atoms with Crippen molar-refractivity contribution in [3.8, 4) is 0 Å². The van der Waals surface area contributed by atoms with Crippen molar-refractivity contribution in [1.29, 1.82) is 0 Å². The minimum atomic E-state index is -0.836. The first-order valence-corrected chi connectivity index (χ1v) is 3.54. The van der Waals surface area contributed by atoms with Crippen LogP contribution in [0.3, 0.4) is 0 Å². The van der Waals surface area contributed by atoms with E-state index in [0.29, 0.717) is 5.92 Å². The molecule has 1 unspecified atom stereocenters. The Labute approximate surface area is 62.4 Å². The largest absolute Gasteiger partial charge is 0.356 e. The fourth-order valence-electron chi connectivity index (χ4n) is 0.485. The Morgan fingerprint density at radius 3 is 2.10 bits per heavy atom. The van der Waals surface area contributed by atoms with E-state index in [1.54, 1.807) is 0 Å². The van der Waals surface area contributed by atoms with Crippen LogP contribution in [-0.4, -0.2) is 24.7 Å². The minimum absolute atomic E-state index is 0.273. The number of hydrogen-bond acceptors (Lipinski definition) is 3. The van der Waals surface area contributed by atoms with E-state index < -0.39 is 6.41 Å². The maximum atomic E-state index is 8.94. The van der Waals surface area contributed by atoms with Gasteiger partial charge in [-0.1, -0.05) is 13.8 Å². The van der Waals surface area contributed by atoms with Crippen LogP contribution >= 0.6 is 0 Å². The molecule has 0 aromatic carbocycles. The molecule has 0 aromatic rings. The maximum Gasteiger partial charge on any atom is 0.213 e. The fourth-order valence-corrected chi connectivity index (χ4v) is 0.485. The van der Waals surface area contributed by atoms with E-state index in [9.17, 15) is 0 Å². The van der Waals surface area contributed by atoms with Crippen molar-refractivity contribution in [3.05, 3.63) is 0 Å². The van der Waals surface area contributed by atoms with Crippen molar-refractivity contribution in [2.45, 2.75) is 33.2 Å². The van der Waals surface area contributed by atoms with Gasteiger partial charge in [0.25, 0.3) is 0 Å². The predicted molar refractivity (Wildman–Crippen MR) is 40.5 cm³/mol. The van der Waals surface area contributed by atoms with Gasteiger partial charge in [0, 0.05) is 13.2 Å². The second-order valence-electron chi connectivity index (χ2n) is 2.79. The summed E-state index contributed by atoms with van der Waals surface area (Å²) in [5, 5.41) is 11.8. The van der Waals surface area contributed by atoms with Gasteiger partial charge in [0.1, 0.15) is 0 Å². The Balaban J connectivity index is 3.46. The second-order valence-corrected chi connectivity index (χ2v) is 2.79. The highest BCUT2D eigenvalue weighted by molar-refractivity contribution is 4.62. The fraction of sp³-hybridized carbons (Fsp3) is 1.00. The van der Waals surface area contributed by atoms with E-state index in [4.69, 9.17) is 5.11 Å². The van der Waals surface area contributed by atoms with Crippen LogP contribution in [-0.2, 0) is 4.74 Å². The first-order valence-electron chi connectivity index (χ1n) is 3.54. The van der Waals surface area contributed by atoms with Gasteiger partial charge >= 0.3 is 0 Å². The number of rotatable bonds is 4. The Kier molecular flexibility index (Phi) is 4.60. The molecule has 3 heteroatoms. The molecule has 2 N–H and O–H groups in total. The van der Waals surface area contributed by atoms with Crippen LogP contribution < -0.4 is 5.32 Å². The standard InChI is InChI=1S/C7H17NO2/c1-5(2)6(3)8-7(9)10-4/h5-9H,1-4H3/t6-,7?/m1/s1. The van der Waals surface area contributed by atoms with Crippen LogP contribution in [0.2, 0.25) is 0 Å². The molecular formula is C7H17NO2. The number of nitrogens with one attached hydrogen (secondary N) is 1. The zero-order chi connectivity index (χ0) is 8.15. The van der Waals surface area contributed by atoms with Gasteiger partial charge in [-0.25, -0.2) is 0 Å². The number of hydrogen-bond donors (Lipinski definition) is 2. The lowest BCUT2D eigenvalue weighted by molar-refractivity contribution is -0.105. The van der Waals surface area contributed by atoms with Gasteiger partial charge < -0.3 is 9.84 Å². The van der Waals surface area contributed by atoms with Gasteiger partial charge in [0.05, 0.1) is 0 Å². The van der Waals surface area contributed by atoms with Crippen molar-refractivity contribution in [2.24, 2.45) is 5.92 Å². The van der Waals surface area contributed by atoms with Crippen LogP contribution in [0.1, 0.15) is 20.8 Å². The zero-order valence-electron chi connectivity index (χ0n) is 7.09. The number of ether oxygens (including phenoxy) is 1. The highest BCUT2D eigenvalue weighted by Crippen LogP contribution is 1.99. The lowest BCUT2D eigenvalue weighted by atomic mass is 10.1. The predicted octanol–water partition coefficient (Wildman–Crippen LogP) is 0.543. The SMILES string of the molecule is COC(O)N[C@H](C)C(C)C. The summed E-state index contributed by atoms with van der Waals surface area (Å²) in [5.41, 5.74) is 0. The summed E-state index contributed by atoms with van der Waals surface area (Å²) < 4.78 is 4.62. The van der Waals surface area contributed by atoms with Gasteiger partial charge in [-0.2, -0.15) is 0 Å². The summed E-state index contributed by atoms with van der Waals surface area (Å²) in [7, 11) is 1.46.